The highest BCUT2D eigenvalue weighted by Gasteiger charge is 2.16. The number of halogens is 1. The number of hydrogen-bond acceptors (Lipinski definition) is 6. The second-order valence-corrected chi connectivity index (χ2v) is 5.84. The van der Waals surface area contributed by atoms with Crippen LogP contribution in [0.15, 0.2) is 27.8 Å². The van der Waals surface area contributed by atoms with E-state index in [9.17, 15) is 10.1 Å². The molecule has 0 saturated heterocycles. The van der Waals surface area contributed by atoms with Crippen molar-refractivity contribution in [2.24, 2.45) is 12.8 Å². The van der Waals surface area contributed by atoms with Gasteiger partial charge in [0.2, 0.25) is 0 Å². The molecule has 0 radical (unpaired) electrons. The number of rotatable bonds is 5. The standard InChI is InChI=1S/C11H12BrN5O2S/c1-16-10(5-13)14-15-11(16)20-6-7-2-3-8(12)4-9(7)17(18)19/h2-4H,5-6,13H2,1H3. The van der Waals surface area contributed by atoms with E-state index in [2.05, 4.69) is 26.1 Å². The van der Waals surface area contributed by atoms with Crippen molar-refractivity contribution in [2.45, 2.75) is 17.5 Å². The summed E-state index contributed by atoms with van der Waals surface area (Å²) in [5.41, 5.74) is 6.25. The van der Waals surface area contributed by atoms with Gasteiger partial charge >= 0.3 is 0 Å². The summed E-state index contributed by atoms with van der Waals surface area (Å²) < 4.78 is 2.47. The number of nitrogens with zero attached hydrogens (tertiary/aromatic N) is 4. The lowest BCUT2D eigenvalue weighted by atomic mass is 10.2. The zero-order valence-corrected chi connectivity index (χ0v) is 13.0. The average Bonchev–Trinajstić information content (AvgIpc) is 2.77. The van der Waals surface area contributed by atoms with Gasteiger partial charge in [0.25, 0.3) is 5.69 Å². The summed E-state index contributed by atoms with van der Waals surface area (Å²) in [6, 6.07) is 5.01. The lowest BCUT2D eigenvalue weighted by Gasteiger charge is -2.04. The lowest BCUT2D eigenvalue weighted by molar-refractivity contribution is -0.385. The monoisotopic (exact) mass is 357 g/mol. The Morgan fingerprint density at radius 1 is 1.50 bits per heavy atom. The SMILES string of the molecule is Cn1c(CN)nnc1SCc1ccc(Br)cc1[N+](=O)[O-]. The molecule has 1 aromatic carbocycles. The van der Waals surface area contributed by atoms with Gasteiger partial charge in [-0.1, -0.05) is 33.8 Å². The van der Waals surface area contributed by atoms with Crippen LogP contribution in [0.4, 0.5) is 5.69 Å². The molecule has 2 rings (SSSR count). The minimum absolute atomic E-state index is 0.0908. The number of hydrogen-bond donors (Lipinski definition) is 1. The first-order valence-electron chi connectivity index (χ1n) is 5.67. The molecule has 0 aliphatic rings. The van der Waals surface area contributed by atoms with E-state index < -0.39 is 0 Å². The van der Waals surface area contributed by atoms with Crippen molar-refractivity contribution in [1.29, 1.82) is 0 Å². The van der Waals surface area contributed by atoms with E-state index >= 15 is 0 Å². The van der Waals surface area contributed by atoms with Crippen LogP contribution < -0.4 is 5.73 Å². The summed E-state index contributed by atoms with van der Waals surface area (Å²) in [5.74, 6) is 1.12. The molecule has 1 aromatic heterocycles. The highest BCUT2D eigenvalue weighted by Crippen LogP contribution is 2.29. The van der Waals surface area contributed by atoms with Crippen LogP contribution in [0.1, 0.15) is 11.4 Å². The van der Waals surface area contributed by atoms with Crippen LogP contribution in [0.3, 0.4) is 0 Å². The molecule has 0 bridgehead atoms. The molecule has 0 aliphatic carbocycles. The van der Waals surface area contributed by atoms with Crippen LogP contribution in [0.25, 0.3) is 0 Å². The van der Waals surface area contributed by atoms with Gasteiger partial charge in [-0.3, -0.25) is 10.1 Å². The zero-order valence-electron chi connectivity index (χ0n) is 10.6. The Morgan fingerprint density at radius 3 is 2.85 bits per heavy atom. The van der Waals surface area contributed by atoms with Gasteiger partial charge in [0.05, 0.1) is 11.5 Å². The highest BCUT2D eigenvalue weighted by molar-refractivity contribution is 9.10. The number of aromatic nitrogens is 3. The molecule has 106 valence electrons. The Balaban J connectivity index is 2.18. The molecule has 0 spiro atoms. The smallest absolute Gasteiger partial charge is 0.274 e. The Bertz CT molecular complexity index is 646. The Labute approximate surface area is 127 Å². The quantitative estimate of drug-likeness (QED) is 0.500. The molecular weight excluding hydrogens is 346 g/mol. The molecule has 2 aromatic rings. The number of nitrogens with two attached hydrogens (primary N) is 1. The van der Waals surface area contributed by atoms with Gasteiger partial charge in [-0.2, -0.15) is 0 Å². The molecule has 2 N–H and O–H groups in total. The fourth-order valence-electron chi connectivity index (χ4n) is 1.62. The highest BCUT2D eigenvalue weighted by atomic mass is 79.9. The molecule has 7 nitrogen and oxygen atoms in total. The van der Waals surface area contributed by atoms with Gasteiger partial charge in [0.1, 0.15) is 5.82 Å². The van der Waals surface area contributed by atoms with Crippen LogP contribution in [0.5, 0.6) is 0 Å². The van der Waals surface area contributed by atoms with E-state index in [0.717, 1.165) is 0 Å². The van der Waals surface area contributed by atoms with Crippen LogP contribution in [-0.4, -0.2) is 19.7 Å². The van der Waals surface area contributed by atoms with Gasteiger partial charge in [0, 0.05) is 28.9 Å². The normalized spacial score (nSPS) is 10.8. The maximum Gasteiger partial charge on any atom is 0.274 e. The maximum atomic E-state index is 11.0. The number of nitro benzene ring substituents is 1. The zero-order chi connectivity index (χ0) is 14.7. The van der Waals surface area contributed by atoms with Crippen molar-refractivity contribution in [3.8, 4) is 0 Å². The average molecular weight is 358 g/mol. The summed E-state index contributed by atoms with van der Waals surface area (Å²) >= 11 is 4.62. The van der Waals surface area contributed by atoms with Gasteiger partial charge in [-0.05, 0) is 6.07 Å². The Morgan fingerprint density at radius 2 is 2.25 bits per heavy atom. The van der Waals surface area contributed by atoms with Gasteiger partial charge in [0.15, 0.2) is 5.16 Å². The van der Waals surface area contributed by atoms with Crippen molar-refractivity contribution < 1.29 is 4.92 Å². The third kappa shape index (κ3) is 3.17. The largest absolute Gasteiger partial charge is 0.324 e. The van der Waals surface area contributed by atoms with E-state index in [0.29, 0.717) is 33.3 Å². The summed E-state index contributed by atoms with van der Waals surface area (Å²) in [4.78, 5) is 10.6. The van der Waals surface area contributed by atoms with E-state index in [-0.39, 0.29) is 10.6 Å². The Hall–Kier alpha value is -1.45. The first kappa shape index (κ1) is 14.9. The van der Waals surface area contributed by atoms with Crippen molar-refractivity contribution in [3.05, 3.63) is 44.2 Å². The van der Waals surface area contributed by atoms with Gasteiger partial charge < -0.3 is 10.3 Å². The molecule has 0 fully saturated rings. The fourth-order valence-corrected chi connectivity index (χ4v) is 2.90. The fraction of sp³-hybridized carbons (Fsp3) is 0.273. The molecule has 0 amide bonds. The number of nitro groups is 1. The molecule has 0 aliphatic heterocycles. The second-order valence-electron chi connectivity index (χ2n) is 3.98. The van der Waals surface area contributed by atoms with E-state index in [1.54, 1.807) is 16.7 Å². The molecule has 1 heterocycles. The Kier molecular flexibility index (Phi) is 4.73. The first-order valence-corrected chi connectivity index (χ1v) is 7.44. The second kappa shape index (κ2) is 6.33. The van der Waals surface area contributed by atoms with E-state index in [1.165, 1.54) is 17.8 Å². The van der Waals surface area contributed by atoms with Crippen molar-refractivity contribution in [1.82, 2.24) is 14.8 Å². The minimum atomic E-state index is -0.386. The van der Waals surface area contributed by atoms with Crippen LogP contribution in [0, 0.1) is 10.1 Å². The topological polar surface area (TPSA) is 99.9 Å². The molecule has 20 heavy (non-hydrogen) atoms. The third-order valence-electron chi connectivity index (χ3n) is 2.71. The molecule has 0 atom stereocenters. The predicted octanol–water partition coefficient (Wildman–Crippen LogP) is 2.24. The third-order valence-corrected chi connectivity index (χ3v) is 4.27. The van der Waals surface area contributed by atoms with Crippen molar-refractivity contribution >= 4 is 33.4 Å². The van der Waals surface area contributed by atoms with Crippen molar-refractivity contribution in [2.75, 3.05) is 0 Å². The molecule has 9 heteroatoms. The summed E-state index contributed by atoms with van der Waals surface area (Å²) in [7, 11) is 1.82. The minimum Gasteiger partial charge on any atom is -0.324 e. The predicted molar refractivity (Wildman–Crippen MR) is 79.3 cm³/mol. The lowest BCUT2D eigenvalue weighted by Crippen LogP contribution is -2.05. The maximum absolute atomic E-state index is 11.0. The van der Waals surface area contributed by atoms with Crippen molar-refractivity contribution in [3.63, 3.8) is 0 Å². The van der Waals surface area contributed by atoms with E-state index in [4.69, 9.17) is 5.73 Å². The molecular formula is C11H12BrN5O2S. The van der Waals surface area contributed by atoms with Crippen LogP contribution in [-0.2, 0) is 19.3 Å². The molecule has 0 unspecified atom stereocenters. The van der Waals surface area contributed by atoms with Gasteiger partial charge in [-0.25, -0.2) is 0 Å². The van der Waals surface area contributed by atoms with E-state index in [1.807, 2.05) is 7.05 Å². The summed E-state index contributed by atoms with van der Waals surface area (Å²) in [6.45, 7) is 0.308. The summed E-state index contributed by atoms with van der Waals surface area (Å²) in [6.07, 6.45) is 0. The van der Waals surface area contributed by atoms with Gasteiger partial charge in [-0.15, -0.1) is 10.2 Å². The first-order chi connectivity index (χ1) is 9.52. The van der Waals surface area contributed by atoms with Crippen LogP contribution in [0.2, 0.25) is 0 Å². The number of benzene rings is 1. The number of thioether (sulfide) groups is 1. The van der Waals surface area contributed by atoms with Crippen LogP contribution >= 0.6 is 27.7 Å². The summed E-state index contributed by atoms with van der Waals surface area (Å²) in [5, 5.41) is 19.7. The molecule has 0 saturated carbocycles.